The number of rotatable bonds is 2. The van der Waals surface area contributed by atoms with Gasteiger partial charge in [0.1, 0.15) is 5.67 Å². The maximum absolute atomic E-state index is 14.0. The highest BCUT2D eigenvalue weighted by atomic mass is 19.1. The summed E-state index contributed by atoms with van der Waals surface area (Å²) in [5, 5.41) is 0. The van der Waals surface area contributed by atoms with Crippen LogP contribution in [0.25, 0.3) is 0 Å². The summed E-state index contributed by atoms with van der Waals surface area (Å²) in [5.74, 6) is 0.0340. The number of benzene rings is 1. The Morgan fingerprint density at radius 3 is 2.76 bits per heavy atom. The van der Waals surface area contributed by atoms with Crippen LogP contribution in [0.3, 0.4) is 0 Å². The van der Waals surface area contributed by atoms with E-state index in [1.54, 1.807) is 13.8 Å². The topological polar surface area (TPSA) is 20.3 Å². The molecule has 0 N–H and O–H groups in total. The van der Waals surface area contributed by atoms with Crippen LogP contribution in [-0.4, -0.2) is 24.5 Å². The van der Waals surface area contributed by atoms with Crippen LogP contribution in [0.2, 0.25) is 0 Å². The van der Waals surface area contributed by atoms with E-state index in [9.17, 15) is 9.18 Å². The fraction of sp³-hybridized carbons (Fsp3) is 0.500. The summed E-state index contributed by atoms with van der Waals surface area (Å²) >= 11 is 0. The average Bonchev–Trinajstić information content (AvgIpc) is 2.27. The first-order chi connectivity index (χ1) is 7.99. The van der Waals surface area contributed by atoms with Crippen molar-refractivity contribution in [3.63, 3.8) is 0 Å². The second-order valence-corrected chi connectivity index (χ2v) is 5.01. The fourth-order valence-corrected chi connectivity index (χ4v) is 2.45. The Morgan fingerprint density at radius 2 is 2.12 bits per heavy atom. The van der Waals surface area contributed by atoms with Crippen molar-refractivity contribution in [3.8, 4) is 0 Å². The first-order valence-electron chi connectivity index (χ1n) is 6.03. The molecule has 1 fully saturated rings. The first-order valence-corrected chi connectivity index (χ1v) is 6.03. The molecule has 0 aromatic heterocycles. The van der Waals surface area contributed by atoms with Crippen LogP contribution in [0.1, 0.15) is 37.0 Å². The van der Waals surface area contributed by atoms with Gasteiger partial charge < -0.3 is 4.90 Å². The summed E-state index contributed by atoms with van der Waals surface area (Å²) < 4.78 is 14.0. The van der Waals surface area contributed by atoms with Crippen LogP contribution in [0.15, 0.2) is 24.3 Å². The third-order valence-corrected chi connectivity index (χ3v) is 3.27. The highest BCUT2D eigenvalue weighted by Gasteiger charge is 2.31. The van der Waals surface area contributed by atoms with Gasteiger partial charge in [0.2, 0.25) is 0 Å². The number of alkyl halides is 1. The van der Waals surface area contributed by atoms with Gasteiger partial charge >= 0.3 is 0 Å². The predicted molar refractivity (Wildman–Crippen MR) is 67.4 cm³/mol. The van der Waals surface area contributed by atoms with Gasteiger partial charge in [-0.15, -0.1) is 0 Å². The number of Topliss-reactive ketones (excluding diaryl/α,β-unsaturated/α-hetero) is 1. The number of ketones is 1. The first kappa shape index (κ1) is 12.1. The highest BCUT2D eigenvalue weighted by molar-refractivity contribution is 5.99. The van der Waals surface area contributed by atoms with E-state index in [0.29, 0.717) is 18.5 Å². The van der Waals surface area contributed by atoms with Crippen molar-refractivity contribution >= 4 is 11.5 Å². The minimum Gasteiger partial charge on any atom is -0.368 e. The molecule has 1 unspecified atom stereocenters. The number of carbonyl (C=O) groups excluding carboxylic acids is 1. The zero-order chi connectivity index (χ0) is 12.5. The number of nitrogens with zero attached hydrogens (tertiary/aromatic N) is 1. The fourth-order valence-electron chi connectivity index (χ4n) is 2.45. The smallest absolute Gasteiger partial charge is 0.161 e. The quantitative estimate of drug-likeness (QED) is 0.734. The lowest BCUT2D eigenvalue weighted by Crippen LogP contribution is -2.43. The number of carbonyl (C=O) groups is 1. The molecule has 2 rings (SSSR count). The number of anilines is 1. The predicted octanol–water partition coefficient (Wildman–Crippen LogP) is 3.22. The van der Waals surface area contributed by atoms with Crippen LogP contribution in [0, 0.1) is 0 Å². The largest absolute Gasteiger partial charge is 0.368 e. The van der Waals surface area contributed by atoms with Crippen molar-refractivity contribution in [3.05, 3.63) is 29.8 Å². The van der Waals surface area contributed by atoms with E-state index < -0.39 is 5.67 Å². The molecule has 1 aromatic carbocycles. The minimum atomic E-state index is -1.15. The summed E-state index contributed by atoms with van der Waals surface area (Å²) in [6.07, 6.45) is 1.44. The standard InChI is InChI=1S/C14H18FNO/c1-11(17)12-6-3-4-7-13(12)16-9-5-8-14(2,15)10-16/h3-4,6-7H,5,8-10H2,1-2H3. The summed E-state index contributed by atoms with van der Waals surface area (Å²) in [4.78, 5) is 13.5. The van der Waals surface area contributed by atoms with E-state index in [1.165, 1.54) is 0 Å². The van der Waals surface area contributed by atoms with Gasteiger partial charge in [-0.3, -0.25) is 4.79 Å². The lowest BCUT2D eigenvalue weighted by molar-refractivity contribution is 0.101. The molecule has 0 spiro atoms. The molecule has 1 aliphatic heterocycles. The Morgan fingerprint density at radius 1 is 1.41 bits per heavy atom. The molecule has 1 aromatic rings. The molecule has 1 heterocycles. The summed E-state index contributed by atoms with van der Waals surface area (Å²) in [5.41, 5.74) is 0.399. The molecular formula is C14H18FNO. The van der Waals surface area contributed by atoms with Crippen molar-refractivity contribution in [1.82, 2.24) is 0 Å². The van der Waals surface area contributed by atoms with Crippen LogP contribution >= 0.6 is 0 Å². The van der Waals surface area contributed by atoms with Crippen molar-refractivity contribution in [2.75, 3.05) is 18.0 Å². The number of halogens is 1. The normalized spacial score (nSPS) is 24.8. The third-order valence-electron chi connectivity index (χ3n) is 3.27. The van der Waals surface area contributed by atoms with Gasteiger partial charge in [-0.05, 0) is 38.8 Å². The Bertz CT molecular complexity index is 428. The maximum Gasteiger partial charge on any atom is 0.161 e. The summed E-state index contributed by atoms with van der Waals surface area (Å²) in [6, 6.07) is 7.45. The van der Waals surface area contributed by atoms with E-state index in [-0.39, 0.29) is 5.78 Å². The molecule has 2 nitrogen and oxygen atoms in total. The van der Waals surface area contributed by atoms with Crippen molar-refractivity contribution in [2.45, 2.75) is 32.4 Å². The van der Waals surface area contributed by atoms with E-state index in [2.05, 4.69) is 0 Å². The minimum absolute atomic E-state index is 0.0340. The highest BCUT2D eigenvalue weighted by Crippen LogP contribution is 2.30. The molecule has 1 aliphatic rings. The van der Waals surface area contributed by atoms with Crippen molar-refractivity contribution in [1.29, 1.82) is 0 Å². The van der Waals surface area contributed by atoms with Crippen LogP contribution in [-0.2, 0) is 0 Å². The summed E-state index contributed by atoms with van der Waals surface area (Å²) in [7, 11) is 0. The second-order valence-electron chi connectivity index (χ2n) is 5.01. The maximum atomic E-state index is 14.0. The lowest BCUT2D eigenvalue weighted by atomic mass is 9.95. The van der Waals surface area contributed by atoms with Crippen LogP contribution < -0.4 is 4.90 Å². The molecule has 3 heteroatoms. The monoisotopic (exact) mass is 235 g/mol. The Balaban J connectivity index is 2.30. The summed E-state index contributed by atoms with van der Waals surface area (Å²) in [6.45, 7) is 4.38. The number of hydrogen-bond donors (Lipinski definition) is 0. The van der Waals surface area contributed by atoms with Crippen molar-refractivity contribution < 1.29 is 9.18 Å². The molecular weight excluding hydrogens is 217 g/mol. The molecule has 0 amide bonds. The Hall–Kier alpha value is -1.38. The zero-order valence-electron chi connectivity index (χ0n) is 10.4. The number of hydrogen-bond acceptors (Lipinski definition) is 2. The van der Waals surface area contributed by atoms with Gasteiger partial charge in [0.25, 0.3) is 0 Å². The molecule has 0 radical (unpaired) electrons. The van der Waals surface area contributed by atoms with Gasteiger partial charge in [0.05, 0.1) is 6.54 Å². The molecule has 1 saturated heterocycles. The van der Waals surface area contributed by atoms with Gasteiger partial charge in [-0.2, -0.15) is 0 Å². The van der Waals surface area contributed by atoms with Crippen LogP contribution in [0.5, 0.6) is 0 Å². The Kier molecular flexibility index (Phi) is 3.18. The van der Waals surface area contributed by atoms with Gasteiger partial charge in [-0.1, -0.05) is 12.1 Å². The average molecular weight is 235 g/mol. The molecule has 1 atom stereocenters. The molecule has 0 saturated carbocycles. The lowest BCUT2D eigenvalue weighted by Gasteiger charge is -2.37. The van der Waals surface area contributed by atoms with Gasteiger partial charge in [-0.25, -0.2) is 4.39 Å². The molecule has 17 heavy (non-hydrogen) atoms. The van der Waals surface area contributed by atoms with Crippen LogP contribution in [0.4, 0.5) is 10.1 Å². The third kappa shape index (κ3) is 2.65. The Labute approximate surface area is 101 Å². The van der Waals surface area contributed by atoms with E-state index >= 15 is 0 Å². The van der Waals surface area contributed by atoms with E-state index in [1.807, 2.05) is 29.2 Å². The second kappa shape index (κ2) is 4.47. The van der Waals surface area contributed by atoms with Crippen molar-refractivity contribution in [2.24, 2.45) is 0 Å². The van der Waals surface area contributed by atoms with Gasteiger partial charge in [0, 0.05) is 17.8 Å². The number of piperidine rings is 1. The molecule has 92 valence electrons. The number of para-hydroxylation sites is 1. The molecule has 0 aliphatic carbocycles. The van der Waals surface area contributed by atoms with E-state index in [4.69, 9.17) is 0 Å². The SMILES string of the molecule is CC(=O)c1ccccc1N1CCCC(C)(F)C1. The van der Waals surface area contributed by atoms with Gasteiger partial charge in [0.15, 0.2) is 5.78 Å². The molecule has 0 bridgehead atoms. The zero-order valence-corrected chi connectivity index (χ0v) is 10.4. The van der Waals surface area contributed by atoms with E-state index in [0.717, 1.165) is 18.7 Å².